The molecule has 2 rings (SSSR count). The van der Waals surface area contributed by atoms with E-state index in [1.165, 1.54) is 50.0 Å². The summed E-state index contributed by atoms with van der Waals surface area (Å²) in [6, 6.07) is 6.56. The summed E-state index contributed by atoms with van der Waals surface area (Å²) in [7, 11) is 0. The van der Waals surface area contributed by atoms with E-state index in [0.717, 1.165) is 4.47 Å². The Kier molecular flexibility index (Phi) is 4.91. The van der Waals surface area contributed by atoms with Crippen molar-refractivity contribution < 1.29 is 0 Å². The molecule has 0 aromatic heterocycles. The van der Waals surface area contributed by atoms with E-state index in [2.05, 4.69) is 52.9 Å². The quantitative estimate of drug-likeness (QED) is 0.893. The van der Waals surface area contributed by atoms with Gasteiger partial charge in [-0.15, -0.1) is 0 Å². The second kappa shape index (κ2) is 6.27. The van der Waals surface area contributed by atoms with E-state index in [1.54, 1.807) is 0 Å². The minimum Gasteiger partial charge on any atom is -0.371 e. The number of nitrogens with two attached hydrogens (primary N) is 1. The van der Waals surface area contributed by atoms with Crippen molar-refractivity contribution in [3.63, 3.8) is 0 Å². The lowest BCUT2D eigenvalue weighted by Crippen LogP contribution is -2.39. The Hall–Kier alpha value is -0.540. The van der Waals surface area contributed by atoms with Crippen molar-refractivity contribution in [1.29, 1.82) is 0 Å². The fourth-order valence-electron chi connectivity index (χ4n) is 3.09. The summed E-state index contributed by atoms with van der Waals surface area (Å²) in [6.07, 6.45) is 5.26. The molecule has 0 amide bonds. The van der Waals surface area contributed by atoms with Gasteiger partial charge in [-0.2, -0.15) is 0 Å². The monoisotopic (exact) mass is 324 g/mol. The molecule has 1 aromatic rings. The number of benzene rings is 1. The second-order valence-corrected chi connectivity index (χ2v) is 6.53. The van der Waals surface area contributed by atoms with Gasteiger partial charge in [0.05, 0.1) is 0 Å². The summed E-state index contributed by atoms with van der Waals surface area (Å²) in [4.78, 5) is 2.51. The molecule has 106 valence electrons. The maximum Gasteiger partial charge on any atom is 0.0377 e. The van der Waals surface area contributed by atoms with Crippen molar-refractivity contribution in [2.24, 2.45) is 11.1 Å². The Bertz CT molecular complexity index is 417. The van der Waals surface area contributed by atoms with Crippen molar-refractivity contribution in [2.45, 2.75) is 46.1 Å². The van der Waals surface area contributed by atoms with Gasteiger partial charge in [-0.05, 0) is 36.0 Å². The van der Waals surface area contributed by atoms with Gasteiger partial charge in [-0.3, -0.25) is 0 Å². The largest absolute Gasteiger partial charge is 0.371 e. The zero-order valence-corrected chi connectivity index (χ0v) is 13.7. The lowest BCUT2D eigenvalue weighted by atomic mass is 9.74. The van der Waals surface area contributed by atoms with Crippen LogP contribution < -0.4 is 10.6 Å². The average molecular weight is 325 g/mol. The zero-order chi connectivity index (χ0) is 13.9. The molecule has 0 saturated carbocycles. The predicted molar refractivity (Wildman–Crippen MR) is 86.5 cm³/mol. The molecule has 0 atom stereocenters. The van der Waals surface area contributed by atoms with Crippen molar-refractivity contribution >= 4 is 21.6 Å². The van der Waals surface area contributed by atoms with Gasteiger partial charge in [-0.1, -0.05) is 48.7 Å². The maximum atomic E-state index is 5.71. The van der Waals surface area contributed by atoms with E-state index >= 15 is 0 Å². The molecule has 0 bridgehead atoms. The molecule has 1 aromatic carbocycles. The molecule has 2 nitrogen and oxygen atoms in total. The van der Waals surface area contributed by atoms with Crippen LogP contribution in [-0.4, -0.2) is 13.1 Å². The average Bonchev–Trinajstić information content (AvgIpc) is 2.47. The molecular weight excluding hydrogens is 300 g/mol. The minimum atomic E-state index is 0.588. The summed E-state index contributed by atoms with van der Waals surface area (Å²) >= 11 is 3.62. The lowest BCUT2D eigenvalue weighted by molar-refractivity contribution is 0.199. The van der Waals surface area contributed by atoms with Crippen LogP contribution in [0.2, 0.25) is 0 Å². The highest BCUT2D eigenvalue weighted by atomic mass is 79.9. The Morgan fingerprint density at radius 2 is 1.84 bits per heavy atom. The van der Waals surface area contributed by atoms with Crippen LogP contribution in [0.1, 0.15) is 45.1 Å². The van der Waals surface area contributed by atoms with Gasteiger partial charge in [0.1, 0.15) is 0 Å². The van der Waals surface area contributed by atoms with E-state index in [-0.39, 0.29) is 0 Å². The highest BCUT2D eigenvalue weighted by Gasteiger charge is 2.31. The molecule has 2 N–H and O–H groups in total. The Morgan fingerprint density at radius 1 is 1.21 bits per heavy atom. The summed E-state index contributed by atoms with van der Waals surface area (Å²) < 4.78 is 1.13. The van der Waals surface area contributed by atoms with E-state index in [0.29, 0.717) is 12.0 Å². The maximum absolute atomic E-state index is 5.71. The molecule has 19 heavy (non-hydrogen) atoms. The van der Waals surface area contributed by atoms with Crippen LogP contribution in [-0.2, 0) is 6.54 Å². The number of anilines is 1. The van der Waals surface area contributed by atoms with Gasteiger partial charge in [0, 0.05) is 29.8 Å². The zero-order valence-electron chi connectivity index (χ0n) is 12.1. The van der Waals surface area contributed by atoms with Crippen molar-refractivity contribution in [2.75, 3.05) is 18.0 Å². The molecule has 0 aliphatic carbocycles. The number of nitrogens with zero attached hydrogens (tertiary/aromatic N) is 1. The molecule has 0 spiro atoms. The fourth-order valence-corrected chi connectivity index (χ4v) is 3.62. The van der Waals surface area contributed by atoms with Crippen molar-refractivity contribution in [3.05, 3.63) is 28.2 Å². The van der Waals surface area contributed by atoms with Gasteiger partial charge >= 0.3 is 0 Å². The number of piperidine rings is 1. The third-order valence-corrected chi connectivity index (χ3v) is 5.68. The normalized spacial score (nSPS) is 18.6. The van der Waals surface area contributed by atoms with Crippen LogP contribution in [0.15, 0.2) is 22.7 Å². The number of hydrogen-bond acceptors (Lipinski definition) is 2. The number of halogens is 1. The predicted octanol–water partition coefficient (Wildman–Crippen LogP) is 4.31. The Labute approximate surface area is 125 Å². The molecule has 1 saturated heterocycles. The Morgan fingerprint density at radius 3 is 2.32 bits per heavy atom. The fraction of sp³-hybridized carbons (Fsp3) is 0.625. The smallest absolute Gasteiger partial charge is 0.0377 e. The van der Waals surface area contributed by atoms with E-state index in [9.17, 15) is 0 Å². The number of hydrogen-bond donors (Lipinski definition) is 1. The van der Waals surface area contributed by atoms with Crippen LogP contribution in [0.25, 0.3) is 0 Å². The van der Waals surface area contributed by atoms with E-state index in [4.69, 9.17) is 5.73 Å². The van der Waals surface area contributed by atoms with Crippen LogP contribution >= 0.6 is 15.9 Å². The van der Waals surface area contributed by atoms with Gasteiger partial charge in [0.15, 0.2) is 0 Å². The summed E-state index contributed by atoms with van der Waals surface area (Å²) in [5, 5.41) is 0. The minimum absolute atomic E-state index is 0.588. The number of rotatable bonds is 4. The third kappa shape index (κ3) is 3.14. The first-order chi connectivity index (χ1) is 9.14. The highest BCUT2D eigenvalue weighted by Crippen LogP contribution is 2.39. The first-order valence-electron chi connectivity index (χ1n) is 7.37. The topological polar surface area (TPSA) is 29.3 Å². The standard InChI is InChI=1S/C16H25BrN2/c1-3-16(4-2)7-9-19(10-8-16)14-6-5-13(12-18)15(17)11-14/h5-6,11H,3-4,7-10,12,18H2,1-2H3. The first kappa shape index (κ1) is 14.9. The third-order valence-electron chi connectivity index (χ3n) is 4.95. The van der Waals surface area contributed by atoms with Crippen molar-refractivity contribution in [3.8, 4) is 0 Å². The van der Waals surface area contributed by atoms with Gasteiger partial charge in [0.2, 0.25) is 0 Å². The molecular formula is C16H25BrN2. The van der Waals surface area contributed by atoms with Gasteiger partial charge in [-0.25, -0.2) is 0 Å². The van der Waals surface area contributed by atoms with Gasteiger partial charge in [0.25, 0.3) is 0 Å². The molecule has 1 fully saturated rings. The lowest BCUT2D eigenvalue weighted by Gasteiger charge is -2.42. The van der Waals surface area contributed by atoms with Gasteiger partial charge < -0.3 is 10.6 Å². The highest BCUT2D eigenvalue weighted by molar-refractivity contribution is 9.10. The molecule has 0 unspecified atom stereocenters. The van der Waals surface area contributed by atoms with Crippen LogP contribution in [0.5, 0.6) is 0 Å². The molecule has 3 heteroatoms. The molecule has 1 aliphatic rings. The Balaban J connectivity index is 2.07. The second-order valence-electron chi connectivity index (χ2n) is 5.67. The first-order valence-corrected chi connectivity index (χ1v) is 8.17. The van der Waals surface area contributed by atoms with Crippen LogP contribution in [0, 0.1) is 5.41 Å². The van der Waals surface area contributed by atoms with E-state index in [1.807, 2.05) is 0 Å². The van der Waals surface area contributed by atoms with E-state index < -0.39 is 0 Å². The summed E-state index contributed by atoms with van der Waals surface area (Å²) in [6.45, 7) is 7.62. The molecule has 1 aliphatic heterocycles. The summed E-state index contributed by atoms with van der Waals surface area (Å²) in [5.41, 5.74) is 8.80. The summed E-state index contributed by atoms with van der Waals surface area (Å²) in [5.74, 6) is 0. The SMILES string of the molecule is CCC1(CC)CCN(c2ccc(CN)c(Br)c2)CC1. The van der Waals surface area contributed by atoms with Crippen molar-refractivity contribution in [1.82, 2.24) is 0 Å². The van der Waals surface area contributed by atoms with Crippen LogP contribution in [0.4, 0.5) is 5.69 Å². The molecule has 1 heterocycles. The van der Waals surface area contributed by atoms with Crippen LogP contribution in [0.3, 0.4) is 0 Å². The molecule has 0 radical (unpaired) electrons.